The molecule has 1 N–H and O–H groups in total. The van der Waals surface area contributed by atoms with Gasteiger partial charge in [-0.3, -0.25) is 0 Å². The zero-order valence-corrected chi connectivity index (χ0v) is 8.42. The van der Waals surface area contributed by atoms with Crippen molar-refractivity contribution >= 4 is 0 Å². The van der Waals surface area contributed by atoms with E-state index in [1.807, 2.05) is 0 Å². The quantitative estimate of drug-likeness (QED) is 0.775. The minimum Gasteiger partial charge on any atom is -0.477 e. The molecule has 0 unspecified atom stereocenters. The van der Waals surface area contributed by atoms with Gasteiger partial charge in [0.25, 0.3) is 0 Å². The highest BCUT2D eigenvalue weighted by atomic mass is 16.5. The summed E-state index contributed by atoms with van der Waals surface area (Å²) in [6.45, 7) is 4.65. The van der Waals surface area contributed by atoms with Crippen LogP contribution in [0.2, 0.25) is 0 Å². The Kier molecular flexibility index (Phi) is 2.93. The summed E-state index contributed by atoms with van der Waals surface area (Å²) < 4.78 is 5.57. The van der Waals surface area contributed by atoms with Gasteiger partial charge in [-0.05, 0) is 19.4 Å². The first kappa shape index (κ1) is 9.40. The van der Waals surface area contributed by atoms with Crippen molar-refractivity contribution in [3.8, 4) is 5.88 Å². The first-order valence-electron chi connectivity index (χ1n) is 5.08. The van der Waals surface area contributed by atoms with Crippen LogP contribution in [0.15, 0.2) is 6.33 Å². The van der Waals surface area contributed by atoms with E-state index in [-0.39, 0.29) is 0 Å². The molecule has 1 aliphatic heterocycles. The Morgan fingerprint density at radius 2 is 2.43 bits per heavy atom. The number of ether oxygens (including phenoxy) is 1. The topological polar surface area (TPSA) is 47.0 Å². The summed E-state index contributed by atoms with van der Waals surface area (Å²) in [4.78, 5) is 8.40. The fourth-order valence-electron chi connectivity index (χ4n) is 1.58. The van der Waals surface area contributed by atoms with Crippen molar-refractivity contribution < 1.29 is 4.74 Å². The first-order chi connectivity index (χ1) is 6.92. The van der Waals surface area contributed by atoms with Gasteiger partial charge in [-0.25, -0.2) is 9.97 Å². The number of nitrogens with zero attached hydrogens (tertiary/aromatic N) is 2. The number of fused-ring (bicyclic) bond motifs is 1. The number of rotatable bonds is 3. The van der Waals surface area contributed by atoms with E-state index in [0.29, 0.717) is 0 Å². The van der Waals surface area contributed by atoms with Crippen LogP contribution in [0.3, 0.4) is 0 Å². The van der Waals surface area contributed by atoms with E-state index in [1.165, 1.54) is 5.56 Å². The smallest absolute Gasteiger partial charge is 0.219 e. The minimum absolute atomic E-state index is 0.733. The molecule has 0 saturated heterocycles. The molecule has 14 heavy (non-hydrogen) atoms. The summed E-state index contributed by atoms with van der Waals surface area (Å²) in [7, 11) is 0. The molecule has 0 spiro atoms. The fourth-order valence-corrected chi connectivity index (χ4v) is 1.58. The van der Waals surface area contributed by atoms with Gasteiger partial charge in [-0.2, -0.15) is 0 Å². The zero-order valence-electron chi connectivity index (χ0n) is 8.42. The predicted octanol–water partition coefficient (Wildman–Crippen LogP) is 0.911. The Hall–Kier alpha value is -1.16. The molecular formula is C10H15N3O. The van der Waals surface area contributed by atoms with Crippen molar-refractivity contribution in [2.24, 2.45) is 0 Å². The Morgan fingerprint density at radius 1 is 1.50 bits per heavy atom. The fraction of sp³-hybridized carbons (Fsp3) is 0.600. The van der Waals surface area contributed by atoms with Crippen molar-refractivity contribution in [1.82, 2.24) is 15.3 Å². The molecule has 0 fully saturated rings. The molecule has 0 aliphatic carbocycles. The third-order valence-corrected chi connectivity index (χ3v) is 2.28. The standard InChI is InChI=1S/C10H15N3O/c1-2-5-14-10-8-3-4-11-6-9(8)12-7-13-10/h7,11H,2-6H2,1H3. The van der Waals surface area contributed by atoms with Crippen LogP contribution in [-0.4, -0.2) is 23.1 Å². The lowest BCUT2D eigenvalue weighted by molar-refractivity contribution is 0.299. The van der Waals surface area contributed by atoms with Gasteiger partial charge in [-0.15, -0.1) is 0 Å². The highest BCUT2D eigenvalue weighted by Gasteiger charge is 2.15. The van der Waals surface area contributed by atoms with Crippen LogP contribution in [0.4, 0.5) is 0 Å². The second-order valence-electron chi connectivity index (χ2n) is 3.38. The molecule has 76 valence electrons. The molecule has 1 aromatic heterocycles. The lowest BCUT2D eigenvalue weighted by Gasteiger charge is -2.17. The van der Waals surface area contributed by atoms with E-state index in [2.05, 4.69) is 22.2 Å². The number of hydrogen-bond acceptors (Lipinski definition) is 4. The summed E-state index contributed by atoms with van der Waals surface area (Å²) >= 11 is 0. The van der Waals surface area contributed by atoms with Gasteiger partial charge in [0.1, 0.15) is 6.33 Å². The lowest BCUT2D eigenvalue weighted by atomic mass is 10.1. The lowest BCUT2D eigenvalue weighted by Crippen LogP contribution is -2.25. The zero-order chi connectivity index (χ0) is 9.80. The Balaban J connectivity index is 2.21. The maximum absolute atomic E-state index is 5.57. The highest BCUT2D eigenvalue weighted by molar-refractivity contribution is 5.31. The van der Waals surface area contributed by atoms with Crippen LogP contribution < -0.4 is 10.1 Å². The van der Waals surface area contributed by atoms with Crippen molar-refractivity contribution in [1.29, 1.82) is 0 Å². The molecule has 1 aliphatic rings. The SMILES string of the molecule is CCCOc1ncnc2c1CCNC2. The van der Waals surface area contributed by atoms with Crippen molar-refractivity contribution in [3.63, 3.8) is 0 Å². The average molecular weight is 193 g/mol. The maximum atomic E-state index is 5.57. The molecule has 4 nitrogen and oxygen atoms in total. The Bertz CT molecular complexity index is 314. The summed E-state index contributed by atoms with van der Waals surface area (Å²) in [5, 5.41) is 3.28. The van der Waals surface area contributed by atoms with E-state index in [4.69, 9.17) is 4.74 Å². The van der Waals surface area contributed by atoms with E-state index < -0.39 is 0 Å². The van der Waals surface area contributed by atoms with Crippen LogP contribution in [0.25, 0.3) is 0 Å². The minimum atomic E-state index is 0.733. The largest absolute Gasteiger partial charge is 0.477 e. The van der Waals surface area contributed by atoms with Gasteiger partial charge >= 0.3 is 0 Å². The Morgan fingerprint density at radius 3 is 3.29 bits per heavy atom. The second kappa shape index (κ2) is 4.37. The molecule has 0 bridgehead atoms. The number of nitrogens with one attached hydrogen (secondary N) is 1. The van der Waals surface area contributed by atoms with Crippen LogP contribution in [0, 0.1) is 0 Å². The van der Waals surface area contributed by atoms with Crippen LogP contribution in [0.5, 0.6) is 5.88 Å². The maximum Gasteiger partial charge on any atom is 0.219 e. The van der Waals surface area contributed by atoms with Crippen molar-refractivity contribution in [2.75, 3.05) is 13.2 Å². The molecule has 4 heteroatoms. The summed E-state index contributed by atoms with van der Waals surface area (Å²) in [6.07, 6.45) is 3.56. The molecule has 0 aromatic carbocycles. The number of hydrogen-bond donors (Lipinski definition) is 1. The van der Waals surface area contributed by atoms with E-state index >= 15 is 0 Å². The van der Waals surface area contributed by atoms with E-state index in [1.54, 1.807) is 6.33 Å². The van der Waals surface area contributed by atoms with Gasteiger partial charge in [0.05, 0.1) is 12.3 Å². The third kappa shape index (κ3) is 1.85. The average Bonchev–Trinajstić information content (AvgIpc) is 2.26. The van der Waals surface area contributed by atoms with Gasteiger partial charge in [-0.1, -0.05) is 6.92 Å². The van der Waals surface area contributed by atoms with Crippen LogP contribution in [0.1, 0.15) is 24.6 Å². The summed E-state index contributed by atoms with van der Waals surface area (Å²) in [5.74, 6) is 0.776. The molecular weight excluding hydrogens is 178 g/mol. The monoisotopic (exact) mass is 193 g/mol. The van der Waals surface area contributed by atoms with Crippen molar-refractivity contribution in [2.45, 2.75) is 26.3 Å². The van der Waals surface area contributed by atoms with Crippen LogP contribution in [-0.2, 0) is 13.0 Å². The van der Waals surface area contributed by atoms with Gasteiger partial charge < -0.3 is 10.1 Å². The normalized spacial score (nSPS) is 14.9. The summed E-state index contributed by atoms with van der Waals surface area (Å²) in [5.41, 5.74) is 2.26. The molecule has 1 aromatic rings. The van der Waals surface area contributed by atoms with Gasteiger partial charge in [0.2, 0.25) is 5.88 Å². The second-order valence-corrected chi connectivity index (χ2v) is 3.38. The Labute approximate surface area is 83.7 Å². The van der Waals surface area contributed by atoms with Crippen molar-refractivity contribution in [3.05, 3.63) is 17.6 Å². The molecule has 2 rings (SSSR count). The molecule has 0 saturated carbocycles. The van der Waals surface area contributed by atoms with E-state index in [0.717, 1.165) is 44.1 Å². The van der Waals surface area contributed by atoms with Gasteiger partial charge in [0, 0.05) is 12.1 Å². The summed E-state index contributed by atoms with van der Waals surface area (Å²) in [6, 6.07) is 0. The van der Waals surface area contributed by atoms with Crippen LogP contribution >= 0.6 is 0 Å². The molecule has 2 heterocycles. The van der Waals surface area contributed by atoms with Gasteiger partial charge in [0.15, 0.2) is 0 Å². The molecule has 0 atom stereocenters. The predicted molar refractivity (Wildman–Crippen MR) is 53.2 cm³/mol. The third-order valence-electron chi connectivity index (χ3n) is 2.28. The van der Waals surface area contributed by atoms with E-state index in [9.17, 15) is 0 Å². The first-order valence-corrected chi connectivity index (χ1v) is 5.08. The molecule has 0 radical (unpaired) electrons. The number of aromatic nitrogens is 2. The highest BCUT2D eigenvalue weighted by Crippen LogP contribution is 2.20. The molecule has 0 amide bonds.